The fourth-order valence-corrected chi connectivity index (χ4v) is 2.19. The highest BCUT2D eigenvalue weighted by Gasteiger charge is 2.19. The third kappa shape index (κ3) is 6.26. The van der Waals surface area contributed by atoms with Gasteiger partial charge in [0.15, 0.2) is 18.1 Å². The van der Waals surface area contributed by atoms with Crippen LogP contribution in [-0.4, -0.2) is 48.2 Å². The first kappa shape index (κ1) is 18.2. The zero-order chi connectivity index (χ0) is 16.4. The number of nitrogens with one attached hydrogen (secondary N) is 1. The van der Waals surface area contributed by atoms with Crippen molar-refractivity contribution < 1.29 is 24.2 Å². The molecule has 122 valence electrons. The van der Waals surface area contributed by atoms with Crippen molar-refractivity contribution >= 4 is 23.6 Å². The minimum Gasteiger partial charge on any atom is -0.490 e. The van der Waals surface area contributed by atoms with Gasteiger partial charge in [-0.3, -0.25) is 4.79 Å². The Bertz CT molecular complexity index is 495. The maximum Gasteiger partial charge on any atom is 0.326 e. The molecule has 0 radical (unpaired) electrons. The normalized spacial score (nSPS) is 11.5. The molecule has 7 heteroatoms. The molecule has 0 aliphatic carbocycles. The molecule has 0 spiro atoms. The van der Waals surface area contributed by atoms with E-state index in [4.69, 9.17) is 14.6 Å². The number of benzene rings is 1. The summed E-state index contributed by atoms with van der Waals surface area (Å²) in [5.41, 5.74) is 0. The first-order chi connectivity index (χ1) is 10.6. The number of ether oxygens (including phenoxy) is 2. The Labute approximate surface area is 134 Å². The van der Waals surface area contributed by atoms with Crippen LogP contribution in [-0.2, 0) is 9.59 Å². The Hall–Kier alpha value is -1.89. The molecule has 6 nitrogen and oxygen atoms in total. The number of para-hydroxylation sites is 2. The number of carboxylic acid groups (broad SMARTS) is 1. The molecule has 0 fully saturated rings. The molecule has 0 aliphatic rings. The van der Waals surface area contributed by atoms with E-state index in [9.17, 15) is 9.59 Å². The third-order valence-electron chi connectivity index (χ3n) is 2.75. The second-order valence-electron chi connectivity index (χ2n) is 4.41. The number of amides is 1. The first-order valence-corrected chi connectivity index (χ1v) is 8.33. The van der Waals surface area contributed by atoms with Crippen molar-refractivity contribution in [1.29, 1.82) is 0 Å². The van der Waals surface area contributed by atoms with Crippen LogP contribution in [0.15, 0.2) is 24.3 Å². The molecule has 2 N–H and O–H groups in total. The van der Waals surface area contributed by atoms with E-state index in [1.807, 2.05) is 13.2 Å². The highest BCUT2D eigenvalue weighted by molar-refractivity contribution is 7.98. The average Bonchev–Trinajstić information content (AvgIpc) is 2.50. The highest BCUT2D eigenvalue weighted by atomic mass is 32.2. The molecule has 0 bridgehead atoms. The molecule has 0 unspecified atom stereocenters. The molecular weight excluding hydrogens is 306 g/mol. The lowest BCUT2D eigenvalue weighted by molar-refractivity contribution is -0.142. The van der Waals surface area contributed by atoms with Gasteiger partial charge in [0.1, 0.15) is 6.04 Å². The Morgan fingerprint density at radius 2 is 1.91 bits per heavy atom. The largest absolute Gasteiger partial charge is 0.490 e. The van der Waals surface area contributed by atoms with E-state index in [-0.39, 0.29) is 6.61 Å². The van der Waals surface area contributed by atoms with Crippen molar-refractivity contribution in [2.45, 2.75) is 19.4 Å². The van der Waals surface area contributed by atoms with Gasteiger partial charge in [0, 0.05) is 0 Å². The number of carbonyl (C=O) groups excluding carboxylic acids is 1. The van der Waals surface area contributed by atoms with Crippen LogP contribution in [0.4, 0.5) is 0 Å². The summed E-state index contributed by atoms with van der Waals surface area (Å²) in [6, 6.07) is 6.12. The summed E-state index contributed by atoms with van der Waals surface area (Å²) in [6.07, 6.45) is 2.26. The maximum absolute atomic E-state index is 11.8. The third-order valence-corrected chi connectivity index (χ3v) is 3.40. The maximum atomic E-state index is 11.8. The SMILES string of the molecule is CCOc1ccccc1OCC(=O)N[C@@H](CCSC)C(=O)O. The van der Waals surface area contributed by atoms with Gasteiger partial charge in [-0.25, -0.2) is 4.79 Å². The van der Waals surface area contributed by atoms with E-state index >= 15 is 0 Å². The monoisotopic (exact) mass is 327 g/mol. The Balaban J connectivity index is 2.53. The minimum atomic E-state index is -1.04. The van der Waals surface area contributed by atoms with Crippen molar-refractivity contribution in [2.24, 2.45) is 0 Å². The van der Waals surface area contributed by atoms with Crippen molar-refractivity contribution in [3.05, 3.63) is 24.3 Å². The molecule has 0 aliphatic heterocycles. The molecule has 1 atom stereocenters. The van der Waals surface area contributed by atoms with Crippen molar-refractivity contribution in [2.75, 3.05) is 25.2 Å². The van der Waals surface area contributed by atoms with Crippen LogP contribution in [0.3, 0.4) is 0 Å². The van der Waals surface area contributed by atoms with E-state index in [0.29, 0.717) is 30.3 Å². The van der Waals surface area contributed by atoms with E-state index < -0.39 is 17.9 Å². The van der Waals surface area contributed by atoms with Crippen molar-refractivity contribution in [1.82, 2.24) is 5.32 Å². The van der Waals surface area contributed by atoms with Gasteiger partial charge in [-0.1, -0.05) is 12.1 Å². The van der Waals surface area contributed by atoms with Gasteiger partial charge in [-0.05, 0) is 37.5 Å². The van der Waals surface area contributed by atoms with Gasteiger partial charge in [0.05, 0.1) is 6.61 Å². The molecule has 1 amide bonds. The number of hydrogen-bond acceptors (Lipinski definition) is 5. The quantitative estimate of drug-likeness (QED) is 0.681. The number of thioether (sulfide) groups is 1. The Morgan fingerprint density at radius 1 is 1.27 bits per heavy atom. The second-order valence-corrected chi connectivity index (χ2v) is 5.39. The number of carbonyl (C=O) groups is 2. The standard InChI is InChI=1S/C15H21NO5S/c1-3-20-12-6-4-5-7-13(12)21-10-14(17)16-11(15(18)19)8-9-22-2/h4-7,11H,3,8-10H2,1-2H3,(H,16,17)(H,18,19)/t11-/m0/s1. The molecule has 0 heterocycles. The van der Waals surface area contributed by atoms with Crippen LogP contribution in [0.2, 0.25) is 0 Å². The molecule has 1 aromatic rings. The zero-order valence-electron chi connectivity index (χ0n) is 12.7. The van der Waals surface area contributed by atoms with E-state index in [1.54, 1.807) is 24.3 Å². The smallest absolute Gasteiger partial charge is 0.326 e. The van der Waals surface area contributed by atoms with E-state index in [2.05, 4.69) is 5.32 Å². The summed E-state index contributed by atoms with van der Waals surface area (Å²) in [5.74, 6) is 0.146. The number of carboxylic acids is 1. The molecule has 0 saturated carbocycles. The van der Waals surface area contributed by atoms with Crippen LogP contribution >= 0.6 is 11.8 Å². The topological polar surface area (TPSA) is 84.9 Å². The predicted molar refractivity (Wildman–Crippen MR) is 85.7 cm³/mol. The summed E-state index contributed by atoms with van der Waals surface area (Å²) in [7, 11) is 0. The van der Waals surface area contributed by atoms with Crippen LogP contribution in [0, 0.1) is 0 Å². The van der Waals surface area contributed by atoms with Crippen LogP contribution in [0.1, 0.15) is 13.3 Å². The summed E-state index contributed by atoms with van der Waals surface area (Å²) in [4.78, 5) is 22.9. The lowest BCUT2D eigenvalue weighted by Crippen LogP contribution is -2.43. The summed E-state index contributed by atoms with van der Waals surface area (Å²) in [5, 5.41) is 11.5. The molecule has 1 rings (SSSR count). The average molecular weight is 327 g/mol. The first-order valence-electron chi connectivity index (χ1n) is 6.94. The second kappa shape index (κ2) is 9.94. The van der Waals surface area contributed by atoms with Gasteiger partial charge < -0.3 is 19.9 Å². The van der Waals surface area contributed by atoms with Gasteiger partial charge in [-0.2, -0.15) is 11.8 Å². The fraction of sp³-hybridized carbons (Fsp3) is 0.467. The molecule has 0 aromatic heterocycles. The van der Waals surface area contributed by atoms with Gasteiger partial charge in [0.2, 0.25) is 0 Å². The summed E-state index contributed by atoms with van der Waals surface area (Å²) >= 11 is 1.53. The van der Waals surface area contributed by atoms with E-state index in [1.165, 1.54) is 11.8 Å². The predicted octanol–water partition coefficient (Wildman–Crippen LogP) is 1.79. The number of aliphatic carboxylic acids is 1. The molecule has 1 aromatic carbocycles. The molecule has 0 saturated heterocycles. The summed E-state index contributed by atoms with van der Waals surface area (Å²) < 4.78 is 10.8. The molecule has 22 heavy (non-hydrogen) atoms. The fourth-order valence-electron chi connectivity index (χ4n) is 1.72. The summed E-state index contributed by atoms with van der Waals surface area (Å²) in [6.45, 7) is 2.09. The van der Waals surface area contributed by atoms with Crippen LogP contribution < -0.4 is 14.8 Å². The van der Waals surface area contributed by atoms with Crippen molar-refractivity contribution in [3.8, 4) is 11.5 Å². The minimum absolute atomic E-state index is 0.257. The van der Waals surface area contributed by atoms with Crippen LogP contribution in [0.5, 0.6) is 11.5 Å². The van der Waals surface area contributed by atoms with Crippen molar-refractivity contribution in [3.63, 3.8) is 0 Å². The number of rotatable bonds is 10. The highest BCUT2D eigenvalue weighted by Crippen LogP contribution is 2.26. The van der Waals surface area contributed by atoms with E-state index in [0.717, 1.165) is 0 Å². The lowest BCUT2D eigenvalue weighted by Gasteiger charge is -2.15. The number of hydrogen-bond donors (Lipinski definition) is 2. The zero-order valence-corrected chi connectivity index (χ0v) is 13.5. The Kier molecular flexibility index (Phi) is 8.21. The Morgan fingerprint density at radius 3 is 2.45 bits per heavy atom. The van der Waals surface area contributed by atoms with Gasteiger partial charge in [0.25, 0.3) is 5.91 Å². The lowest BCUT2D eigenvalue weighted by atomic mass is 10.2. The van der Waals surface area contributed by atoms with Crippen LogP contribution in [0.25, 0.3) is 0 Å². The molecular formula is C15H21NO5S. The van der Waals surface area contributed by atoms with Gasteiger partial charge in [-0.15, -0.1) is 0 Å². The van der Waals surface area contributed by atoms with Gasteiger partial charge >= 0.3 is 5.97 Å².